The maximum atomic E-state index is 12.3. The number of aliphatic hydroxyl groups is 1. The van der Waals surface area contributed by atoms with Crippen molar-refractivity contribution in [1.29, 1.82) is 0 Å². The number of carbonyl (C=O) groups is 4. The molecular weight excluding hydrogens is 560 g/mol. The molecule has 0 aliphatic rings. The molecule has 0 aromatic carbocycles. The molecule has 0 radical (unpaired) electrons. The lowest BCUT2D eigenvalue weighted by atomic mass is 10.1. The Morgan fingerprint density at radius 2 is 1.30 bits per heavy atom. The van der Waals surface area contributed by atoms with Gasteiger partial charge in [0.05, 0.1) is 13.2 Å². The van der Waals surface area contributed by atoms with Crippen LogP contribution in [0.4, 0.5) is 0 Å². The Bertz CT molecular complexity index is 896. The van der Waals surface area contributed by atoms with E-state index in [9.17, 15) is 19.2 Å². The molecule has 0 spiro atoms. The van der Waals surface area contributed by atoms with Crippen molar-refractivity contribution >= 4 is 23.8 Å². The molecule has 0 saturated carbocycles. The molecule has 9 nitrogen and oxygen atoms in total. The molecule has 0 fully saturated rings. The summed E-state index contributed by atoms with van der Waals surface area (Å²) in [6, 6.07) is -1.39. The lowest BCUT2D eigenvalue weighted by Crippen LogP contribution is -2.47. The number of carboxylic acid groups (broad SMARTS) is 1. The van der Waals surface area contributed by atoms with E-state index < -0.39 is 24.5 Å². The number of hydrogen-bond acceptors (Lipinski definition) is 6. The van der Waals surface area contributed by atoms with Crippen molar-refractivity contribution in [2.75, 3.05) is 13.2 Å². The van der Waals surface area contributed by atoms with E-state index in [-0.39, 0.29) is 30.9 Å². The van der Waals surface area contributed by atoms with Gasteiger partial charge in [0.25, 0.3) is 0 Å². The minimum atomic E-state index is -1.39. The number of allylic oxidation sites excluding steroid dienone is 8. The van der Waals surface area contributed by atoms with Crippen molar-refractivity contribution in [2.24, 2.45) is 0 Å². The van der Waals surface area contributed by atoms with E-state index in [0.717, 1.165) is 89.9 Å². The summed E-state index contributed by atoms with van der Waals surface area (Å²) in [5, 5.41) is 22.3. The largest absolute Gasteiger partial charge is 0.480 e. The minimum Gasteiger partial charge on any atom is -0.480 e. The van der Waals surface area contributed by atoms with E-state index in [1.165, 1.54) is 0 Å². The molecule has 2 atom stereocenters. The van der Waals surface area contributed by atoms with Crippen LogP contribution in [-0.2, 0) is 23.9 Å². The highest BCUT2D eigenvalue weighted by Crippen LogP contribution is 2.15. The number of rotatable bonds is 28. The van der Waals surface area contributed by atoms with Crippen LogP contribution in [0.5, 0.6) is 0 Å². The van der Waals surface area contributed by atoms with Crippen molar-refractivity contribution in [3.8, 4) is 0 Å². The van der Waals surface area contributed by atoms with Crippen molar-refractivity contribution in [2.45, 2.75) is 135 Å². The van der Waals surface area contributed by atoms with Gasteiger partial charge in [-0.1, -0.05) is 88.1 Å². The number of unbranched alkanes of at least 4 members (excludes halogenated alkanes) is 6. The first-order valence-corrected chi connectivity index (χ1v) is 16.5. The summed E-state index contributed by atoms with van der Waals surface area (Å²) in [4.78, 5) is 46.8. The van der Waals surface area contributed by atoms with Crippen LogP contribution in [0.3, 0.4) is 0 Å². The normalized spacial score (nSPS) is 13.2. The summed E-state index contributed by atoms with van der Waals surface area (Å²) < 4.78 is 5.72. The first-order valence-electron chi connectivity index (χ1n) is 16.5. The van der Waals surface area contributed by atoms with E-state index in [4.69, 9.17) is 14.9 Å². The molecule has 0 aliphatic carbocycles. The fraction of sp³-hybridized carbons (Fsp3) is 0.657. The third-order valence-corrected chi connectivity index (χ3v) is 6.82. The quantitative estimate of drug-likeness (QED) is 0.0447. The van der Waals surface area contributed by atoms with Crippen LogP contribution >= 0.6 is 0 Å². The van der Waals surface area contributed by atoms with Crippen molar-refractivity contribution in [3.05, 3.63) is 48.6 Å². The predicted molar refractivity (Wildman–Crippen MR) is 176 cm³/mol. The number of carboxylic acids is 1. The number of nitrogens with one attached hydrogen (secondary N) is 2. The Hall–Kier alpha value is -3.20. The molecule has 0 heterocycles. The molecule has 2 unspecified atom stereocenters. The van der Waals surface area contributed by atoms with Crippen LogP contribution in [0, 0.1) is 0 Å². The zero-order valence-electron chi connectivity index (χ0n) is 27.1. The van der Waals surface area contributed by atoms with E-state index >= 15 is 0 Å². The van der Waals surface area contributed by atoms with Crippen molar-refractivity contribution in [3.63, 3.8) is 0 Å². The number of aliphatic carboxylic acids is 1. The fourth-order valence-electron chi connectivity index (χ4n) is 4.34. The molecule has 44 heavy (non-hydrogen) atoms. The number of carbonyl (C=O) groups excluding carboxylic acids is 3. The minimum absolute atomic E-state index is 0.100. The second-order valence-corrected chi connectivity index (χ2v) is 10.9. The van der Waals surface area contributed by atoms with Crippen LogP contribution in [-0.4, -0.2) is 59.3 Å². The summed E-state index contributed by atoms with van der Waals surface area (Å²) in [6.45, 7) is 3.14. The van der Waals surface area contributed by atoms with Crippen LogP contribution in [0.25, 0.3) is 0 Å². The van der Waals surface area contributed by atoms with Crippen molar-refractivity contribution in [1.82, 2.24) is 10.6 Å². The maximum Gasteiger partial charge on any atom is 0.328 e. The summed E-state index contributed by atoms with van der Waals surface area (Å²) >= 11 is 0. The smallest absolute Gasteiger partial charge is 0.328 e. The van der Waals surface area contributed by atoms with Crippen LogP contribution in [0.2, 0.25) is 0 Å². The van der Waals surface area contributed by atoms with Gasteiger partial charge in [-0.2, -0.15) is 0 Å². The van der Waals surface area contributed by atoms with Gasteiger partial charge in [-0.3, -0.25) is 14.4 Å². The number of esters is 1. The van der Waals surface area contributed by atoms with E-state index in [1.54, 1.807) is 0 Å². The highest BCUT2D eigenvalue weighted by Gasteiger charge is 2.19. The lowest BCUT2D eigenvalue weighted by molar-refractivity contribution is -0.150. The number of hydrogen-bond donors (Lipinski definition) is 4. The second-order valence-electron chi connectivity index (χ2n) is 10.9. The summed E-state index contributed by atoms with van der Waals surface area (Å²) in [5.74, 6) is -2.45. The highest BCUT2D eigenvalue weighted by atomic mass is 16.5. The van der Waals surface area contributed by atoms with Crippen LogP contribution < -0.4 is 10.6 Å². The third-order valence-electron chi connectivity index (χ3n) is 6.82. The highest BCUT2D eigenvalue weighted by molar-refractivity contribution is 5.87. The fourth-order valence-corrected chi connectivity index (χ4v) is 4.34. The SMILES string of the molecule is CC/C=C\C/C=C\C/C=C\C/C=C\CCCCCCC(=O)OC(CCC)CCCCCC(=O)NCC(=O)NC(CO)C(=O)O. The third kappa shape index (κ3) is 26.4. The summed E-state index contributed by atoms with van der Waals surface area (Å²) in [6.07, 6.45) is 32.2. The van der Waals surface area contributed by atoms with Gasteiger partial charge in [0.2, 0.25) is 11.8 Å². The second kappa shape index (κ2) is 29.9. The van der Waals surface area contributed by atoms with Crippen LogP contribution in [0.1, 0.15) is 123 Å². The molecule has 0 saturated heterocycles. The summed E-state index contributed by atoms with van der Waals surface area (Å²) in [5.41, 5.74) is 0. The van der Waals surface area contributed by atoms with Gasteiger partial charge < -0.3 is 25.6 Å². The van der Waals surface area contributed by atoms with Gasteiger partial charge in [-0.15, -0.1) is 0 Å². The van der Waals surface area contributed by atoms with Gasteiger partial charge in [0.1, 0.15) is 12.1 Å². The van der Waals surface area contributed by atoms with Gasteiger partial charge in [-0.25, -0.2) is 4.79 Å². The van der Waals surface area contributed by atoms with Gasteiger partial charge in [0.15, 0.2) is 0 Å². The maximum absolute atomic E-state index is 12.3. The number of ether oxygens (including phenoxy) is 1. The Balaban J connectivity index is 3.88. The van der Waals surface area contributed by atoms with Crippen molar-refractivity contribution < 1.29 is 34.1 Å². The molecule has 250 valence electrons. The number of aliphatic hydroxyl groups excluding tert-OH is 1. The Labute approximate surface area is 265 Å². The molecule has 9 heteroatoms. The van der Waals surface area contributed by atoms with Gasteiger partial charge in [0, 0.05) is 12.8 Å². The standard InChI is InChI=1S/C35H58N2O7/c1-3-5-6-7-8-9-10-11-12-13-14-15-16-17-18-19-23-27-34(41)44-30(24-4-2)25-21-20-22-26-32(39)36-28-33(40)37-31(29-38)35(42)43/h5-6,8-9,11-12,14-15,30-31,38H,3-4,7,10,13,16-29H2,1-2H3,(H,36,39)(H,37,40)(H,42,43)/b6-5-,9-8-,12-11-,15-14-. The Morgan fingerprint density at radius 3 is 1.91 bits per heavy atom. The molecule has 4 N–H and O–H groups in total. The van der Waals surface area contributed by atoms with Gasteiger partial charge >= 0.3 is 11.9 Å². The van der Waals surface area contributed by atoms with Crippen LogP contribution in [0.15, 0.2) is 48.6 Å². The zero-order chi connectivity index (χ0) is 32.7. The van der Waals surface area contributed by atoms with Gasteiger partial charge in [-0.05, 0) is 70.6 Å². The molecule has 0 bridgehead atoms. The number of amides is 2. The first kappa shape index (κ1) is 40.8. The van der Waals surface area contributed by atoms with E-state index in [0.29, 0.717) is 12.8 Å². The Kier molecular flexibility index (Phi) is 27.7. The van der Waals surface area contributed by atoms with E-state index in [1.807, 2.05) is 0 Å². The van der Waals surface area contributed by atoms with E-state index in [2.05, 4.69) is 73.1 Å². The molecular formula is C35H58N2O7. The molecule has 0 rings (SSSR count). The average molecular weight is 619 g/mol. The monoisotopic (exact) mass is 618 g/mol. The first-order chi connectivity index (χ1) is 21.3. The molecule has 0 aliphatic heterocycles. The molecule has 0 aromatic heterocycles. The molecule has 2 amide bonds. The molecule has 0 aromatic rings. The average Bonchev–Trinajstić information content (AvgIpc) is 3.00. The lowest BCUT2D eigenvalue weighted by Gasteiger charge is -2.17. The topological polar surface area (TPSA) is 142 Å². The summed E-state index contributed by atoms with van der Waals surface area (Å²) in [7, 11) is 0. The predicted octanol–water partition coefficient (Wildman–Crippen LogP) is 6.47. The zero-order valence-corrected chi connectivity index (χ0v) is 27.1. The Morgan fingerprint density at radius 1 is 0.705 bits per heavy atom.